The van der Waals surface area contributed by atoms with Crippen LogP contribution < -0.4 is 0 Å². The fourth-order valence-corrected chi connectivity index (χ4v) is 8.75. The largest absolute Gasteiger partial charge is 0.309 e. The molecule has 0 spiro atoms. The number of para-hydroxylation sites is 5. The molecule has 3 aromatic heterocycles. The maximum atomic E-state index is 10.3. The van der Waals surface area contributed by atoms with Crippen molar-refractivity contribution in [2.45, 2.75) is 0 Å². The van der Waals surface area contributed by atoms with Crippen LogP contribution in [0, 0.1) is 22.7 Å². The summed E-state index contributed by atoms with van der Waals surface area (Å²) in [7, 11) is 0. The third-order valence-corrected chi connectivity index (χ3v) is 11.1. The van der Waals surface area contributed by atoms with Crippen LogP contribution in [0.1, 0.15) is 11.1 Å². The highest BCUT2D eigenvalue weighted by molar-refractivity contribution is 6.15. The molecular formula is C50H29N5. The first-order valence-corrected chi connectivity index (χ1v) is 18.3. The summed E-state index contributed by atoms with van der Waals surface area (Å²) in [4.78, 5) is 0. The number of rotatable bonds is 4. The summed E-state index contributed by atoms with van der Waals surface area (Å²) in [6.45, 7) is 0. The molecule has 0 radical (unpaired) electrons. The van der Waals surface area contributed by atoms with Crippen LogP contribution in [0.25, 0.3) is 93.6 Å². The molecule has 0 atom stereocenters. The predicted molar refractivity (Wildman–Crippen MR) is 224 cm³/mol. The monoisotopic (exact) mass is 699 g/mol. The minimum atomic E-state index is 0.617. The van der Waals surface area contributed by atoms with Gasteiger partial charge in [0.25, 0.3) is 0 Å². The molecule has 3 heterocycles. The van der Waals surface area contributed by atoms with Gasteiger partial charge in [-0.1, -0.05) is 97.1 Å². The molecule has 11 rings (SSSR count). The maximum Gasteiger partial charge on any atom is 0.0998 e. The van der Waals surface area contributed by atoms with Crippen LogP contribution in [-0.2, 0) is 0 Å². The van der Waals surface area contributed by atoms with Crippen molar-refractivity contribution in [2.24, 2.45) is 0 Å². The van der Waals surface area contributed by atoms with Crippen LogP contribution in [0.5, 0.6) is 0 Å². The van der Waals surface area contributed by atoms with Crippen molar-refractivity contribution in [3.63, 3.8) is 0 Å². The number of nitrogens with zero attached hydrogens (tertiary/aromatic N) is 5. The Morgan fingerprint density at radius 3 is 1.47 bits per heavy atom. The first kappa shape index (κ1) is 30.7. The van der Waals surface area contributed by atoms with Crippen LogP contribution in [0.2, 0.25) is 0 Å². The molecule has 0 unspecified atom stereocenters. The van der Waals surface area contributed by atoms with E-state index in [4.69, 9.17) is 0 Å². The zero-order valence-electron chi connectivity index (χ0n) is 29.5. The Bertz CT molecular complexity index is 3350. The molecule has 0 N–H and O–H groups in total. The molecule has 0 aliphatic carbocycles. The van der Waals surface area contributed by atoms with Gasteiger partial charge in [0.05, 0.1) is 62.1 Å². The van der Waals surface area contributed by atoms with Crippen molar-refractivity contribution < 1.29 is 0 Å². The third kappa shape index (κ3) is 4.45. The van der Waals surface area contributed by atoms with Gasteiger partial charge in [0.2, 0.25) is 0 Å². The fourth-order valence-electron chi connectivity index (χ4n) is 8.75. The summed E-state index contributed by atoms with van der Waals surface area (Å²) in [6.07, 6.45) is 0. The third-order valence-electron chi connectivity index (χ3n) is 11.1. The first-order valence-electron chi connectivity index (χ1n) is 18.3. The maximum absolute atomic E-state index is 10.3. The smallest absolute Gasteiger partial charge is 0.0998 e. The van der Waals surface area contributed by atoms with Gasteiger partial charge in [-0.25, -0.2) is 0 Å². The van der Waals surface area contributed by atoms with Gasteiger partial charge in [-0.3, -0.25) is 0 Å². The summed E-state index contributed by atoms with van der Waals surface area (Å²) in [6, 6.07) is 65.9. The van der Waals surface area contributed by atoms with Gasteiger partial charge in [-0.15, -0.1) is 0 Å². The van der Waals surface area contributed by atoms with Crippen LogP contribution in [0.15, 0.2) is 176 Å². The molecule has 5 nitrogen and oxygen atoms in total. The summed E-state index contributed by atoms with van der Waals surface area (Å²) in [5, 5.41) is 27.1. The minimum Gasteiger partial charge on any atom is -0.309 e. The lowest BCUT2D eigenvalue weighted by Crippen LogP contribution is -2.01. The van der Waals surface area contributed by atoms with E-state index in [2.05, 4.69) is 177 Å². The Hall–Kier alpha value is -7.86. The Morgan fingerprint density at radius 1 is 0.364 bits per heavy atom. The Kier molecular flexibility index (Phi) is 6.61. The molecule has 5 heteroatoms. The highest BCUT2D eigenvalue weighted by atomic mass is 15.1. The molecule has 0 saturated heterocycles. The molecular weight excluding hydrogens is 671 g/mol. The van der Waals surface area contributed by atoms with Crippen molar-refractivity contribution in [3.05, 3.63) is 187 Å². The van der Waals surface area contributed by atoms with Gasteiger partial charge < -0.3 is 13.7 Å². The van der Waals surface area contributed by atoms with Crippen LogP contribution >= 0.6 is 0 Å². The minimum absolute atomic E-state index is 0.617. The first-order chi connectivity index (χ1) is 27.2. The normalized spacial score (nSPS) is 11.6. The number of nitriles is 2. The molecule has 11 aromatic rings. The van der Waals surface area contributed by atoms with E-state index in [9.17, 15) is 10.5 Å². The van der Waals surface area contributed by atoms with E-state index < -0.39 is 0 Å². The second kappa shape index (κ2) is 11.8. The Labute approximate surface area is 316 Å². The van der Waals surface area contributed by atoms with Crippen LogP contribution in [0.3, 0.4) is 0 Å². The van der Waals surface area contributed by atoms with Crippen LogP contribution in [0.4, 0.5) is 0 Å². The van der Waals surface area contributed by atoms with Crippen molar-refractivity contribution in [1.82, 2.24) is 13.7 Å². The van der Waals surface area contributed by atoms with E-state index in [0.717, 1.165) is 72.1 Å². The fraction of sp³-hybridized carbons (Fsp3) is 0. The lowest BCUT2D eigenvalue weighted by molar-refractivity contribution is 1.13. The zero-order valence-corrected chi connectivity index (χ0v) is 29.5. The SMILES string of the molecule is N#Cc1ccc2c(c1)c1cccc(-n3c4ccccc4c4ccccc43)c1n2-c1ccc(-c2cc(-n3c4ccccc4c4ccccc43)ccc2C#N)cc1. The standard InChI is InChI=1S/C50H29N5/c51-30-32-20-27-48-43(28-32)41-14-9-19-49(55-46-17-7-3-12-39(46)40-13-4-8-18-47(40)55)50(41)54(48)35-24-21-33(22-25-35)42-29-36(26-23-34(42)31-52)53-44-15-5-1-10-37(44)38-11-2-6-16-45(38)53/h1-29H. The van der Waals surface area contributed by atoms with Gasteiger partial charge in [-0.05, 0) is 84.4 Å². The van der Waals surface area contributed by atoms with E-state index in [1.165, 1.54) is 21.5 Å². The number of hydrogen-bond acceptors (Lipinski definition) is 2. The van der Waals surface area contributed by atoms with Crippen LogP contribution in [-0.4, -0.2) is 13.7 Å². The molecule has 0 aliphatic rings. The van der Waals surface area contributed by atoms with Gasteiger partial charge >= 0.3 is 0 Å². The Morgan fingerprint density at radius 2 is 0.891 bits per heavy atom. The highest BCUT2D eigenvalue weighted by Crippen LogP contribution is 2.41. The van der Waals surface area contributed by atoms with E-state index in [-0.39, 0.29) is 0 Å². The van der Waals surface area contributed by atoms with E-state index in [1.807, 2.05) is 24.3 Å². The van der Waals surface area contributed by atoms with Gasteiger partial charge in [-0.2, -0.15) is 10.5 Å². The van der Waals surface area contributed by atoms with E-state index >= 15 is 0 Å². The molecule has 8 aromatic carbocycles. The summed E-state index contributed by atoms with van der Waals surface area (Å²) >= 11 is 0. The van der Waals surface area contributed by atoms with Gasteiger partial charge in [0, 0.05) is 49.3 Å². The number of aromatic nitrogens is 3. The molecule has 55 heavy (non-hydrogen) atoms. The van der Waals surface area contributed by atoms with Crippen molar-refractivity contribution in [2.75, 3.05) is 0 Å². The van der Waals surface area contributed by atoms with E-state index in [1.54, 1.807) is 0 Å². The molecule has 0 aliphatic heterocycles. The number of fused-ring (bicyclic) bond motifs is 9. The lowest BCUT2D eigenvalue weighted by atomic mass is 9.99. The highest BCUT2D eigenvalue weighted by Gasteiger charge is 2.21. The zero-order chi connectivity index (χ0) is 36.6. The average Bonchev–Trinajstić information content (AvgIpc) is 3.89. The second-order valence-electron chi connectivity index (χ2n) is 14.0. The molecule has 0 amide bonds. The lowest BCUT2D eigenvalue weighted by Gasteiger charge is -2.15. The van der Waals surface area contributed by atoms with Gasteiger partial charge in [0.15, 0.2) is 0 Å². The number of benzene rings is 8. The summed E-state index contributed by atoms with van der Waals surface area (Å²) in [5.74, 6) is 0. The van der Waals surface area contributed by atoms with Crippen molar-refractivity contribution in [1.29, 1.82) is 10.5 Å². The van der Waals surface area contributed by atoms with Crippen molar-refractivity contribution in [3.8, 4) is 40.3 Å². The molecule has 0 bridgehead atoms. The average molecular weight is 700 g/mol. The molecule has 0 fully saturated rings. The molecule has 254 valence electrons. The predicted octanol–water partition coefficient (Wildman–Crippen LogP) is 12.4. The summed E-state index contributed by atoms with van der Waals surface area (Å²) < 4.78 is 6.96. The van der Waals surface area contributed by atoms with Crippen molar-refractivity contribution >= 4 is 65.4 Å². The second-order valence-corrected chi connectivity index (χ2v) is 14.0. The molecule has 0 saturated carbocycles. The summed E-state index contributed by atoms with van der Waals surface area (Å²) in [5.41, 5.74) is 12.7. The topological polar surface area (TPSA) is 62.4 Å². The number of hydrogen-bond donors (Lipinski definition) is 0. The van der Waals surface area contributed by atoms with Gasteiger partial charge in [0.1, 0.15) is 0 Å². The van der Waals surface area contributed by atoms with E-state index in [0.29, 0.717) is 11.1 Å². The quantitative estimate of drug-likeness (QED) is 0.184. The Balaban J connectivity index is 1.13.